The van der Waals surface area contributed by atoms with Crippen LogP contribution in [0.5, 0.6) is 23.0 Å². The molecule has 7 rings (SSSR count). The van der Waals surface area contributed by atoms with Gasteiger partial charge in [-0.05, 0) is 66.8 Å². The molecule has 3 aromatic rings. The third-order valence-electron chi connectivity index (χ3n) is 10.6. The van der Waals surface area contributed by atoms with E-state index in [9.17, 15) is 24.3 Å². The molecule has 1 saturated carbocycles. The summed E-state index contributed by atoms with van der Waals surface area (Å²) < 4.78 is 16.4. The summed E-state index contributed by atoms with van der Waals surface area (Å²) in [6, 6.07) is 17.1. The molecule has 4 aliphatic rings. The number of ether oxygens (including phenoxy) is 3. The molecule has 2 aliphatic carbocycles. The maximum absolute atomic E-state index is 14.4. The van der Waals surface area contributed by atoms with Gasteiger partial charge in [0.1, 0.15) is 23.0 Å². The molecule has 3 aromatic carbocycles. The first-order valence-corrected chi connectivity index (χ1v) is 16.8. The summed E-state index contributed by atoms with van der Waals surface area (Å²) in [6.07, 6.45) is 5.61. The van der Waals surface area contributed by atoms with E-state index in [0.29, 0.717) is 22.8 Å². The number of amides is 4. The summed E-state index contributed by atoms with van der Waals surface area (Å²) in [5.41, 5.74) is 2.78. The number of benzene rings is 3. The first-order valence-electron chi connectivity index (χ1n) is 16.1. The summed E-state index contributed by atoms with van der Waals surface area (Å²) in [4.78, 5) is 54.0. The van der Waals surface area contributed by atoms with Crippen LogP contribution in [0.25, 0.3) is 12.2 Å². The van der Waals surface area contributed by atoms with Gasteiger partial charge in [-0.1, -0.05) is 42.0 Å². The highest BCUT2D eigenvalue weighted by Gasteiger charge is 2.76. The molecule has 3 fully saturated rings. The van der Waals surface area contributed by atoms with Crippen molar-refractivity contribution in [1.29, 1.82) is 0 Å². The average Bonchev–Trinajstić information content (AvgIpc) is 3.45. The van der Waals surface area contributed by atoms with Gasteiger partial charge in [-0.15, -0.1) is 23.2 Å². The number of alkyl halides is 2. The molecule has 10 nitrogen and oxygen atoms in total. The molecule has 2 aliphatic heterocycles. The smallest absolute Gasteiger partial charge is 0.253 e. The number of anilines is 1. The van der Waals surface area contributed by atoms with Gasteiger partial charge in [0.2, 0.25) is 11.8 Å². The van der Waals surface area contributed by atoms with E-state index in [0.717, 1.165) is 16.0 Å². The number of hydrogen-bond acceptors (Lipinski definition) is 8. The molecule has 0 radical (unpaired) electrons. The number of allylic oxidation sites excluding steroid dienone is 2. The van der Waals surface area contributed by atoms with E-state index < -0.39 is 51.1 Å². The van der Waals surface area contributed by atoms with Crippen LogP contribution in [-0.4, -0.2) is 71.8 Å². The van der Waals surface area contributed by atoms with Crippen LogP contribution in [-0.2, 0) is 19.2 Å². The van der Waals surface area contributed by atoms with Gasteiger partial charge in [-0.3, -0.25) is 29.0 Å². The average molecular weight is 718 g/mol. The molecule has 1 N–H and O–H groups in total. The molecule has 2 heterocycles. The predicted molar refractivity (Wildman–Crippen MR) is 188 cm³/mol. The van der Waals surface area contributed by atoms with E-state index in [2.05, 4.69) is 0 Å². The molecule has 4 amide bonds. The second kappa shape index (κ2) is 12.2. The molecule has 0 bridgehead atoms. The van der Waals surface area contributed by atoms with Gasteiger partial charge in [-0.2, -0.15) is 0 Å². The van der Waals surface area contributed by atoms with Gasteiger partial charge < -0.3 is 19.3 Å². The SMILES string of the molecule is COc1ccc(OC)c(C=Cc2ccc(N3C(=O)[C@H]4[C@H](CC=C5[C@H]4C[C@@]4(Cl)C(=O)N(C)C(=O)[C@@]4(Cl)[C@H]5c4c(O)cccc4OC)C3=O)cc2)c1. The van der Waals surface area contributed by atoms with Crippen LogP contribution >= 0.6 is 23.2 Å². The molecule has 0 aromatic heterocycles. The third-order valence-corrected chi connectivity index (χ3v) is 12.0. The Bertz CT molecular complexity index is 2010. The first kappa shape index (κ1) is 33.7. The molecule has 0 unspecified atom stereocenters. The number of aromatic hydroxyl groups is 1. The van der Waals surface area contributed by atoms with E-state index in [1.807, 2.05) is 36.4 Å². The highest BCUT2D eigenvalue weighted by atomic mass is 35.5. The Morgan fingerprint density at radius 3 is 2.24 bits per heavy atom. The molecular weight excluding hydrogens is 683 g/mol. The van der Waals surface area contributed by atoms with Crippen molar-refractivity contribution >= 4 is 64.7 Å². The summed E-state index contributed by atoms with van der Waals surface area (Å²) in [5.74, 6) is -4.32. The second-order valence-electron chi connectivity index (χ2n) is 12.9. The van der Waals surface area contributed by atoms with Crippen molar-refractivity contribution in [2.75, 3.05) is 33.3 Å². The molecule has 50 heavy (non-hydrogen) atoms. The van der Waals surface area contributed by atoms with Crippen molar-refractivity contribution in [3.05, 3.63) is 89.0 Å². The lowest BCUT2D eigenvalue weighted by Gasteiger charge is -2.50. The van der Waals surface area contributed by atoms with Gasteiger partial charge >= 0.3 is 0 Å². The molecular formula is C38H34Cl2N2O8. The standard InChI is InChI=1S/C38H34Cl2N2O8/c1-41-35(46)37(39)19-26-24(32(38(37,40)36(41)47)31-27(43)6-5-7-29(31)50-4)15-16-25-30(26)34(45)42(33(25)44)22-12-9-20(10-13-22)8-11-21-18-23(48-2)14-17-28(21)49-3/h5-15,17-18,25-26,30,32,43H,16,19H2,1-4H3/t25-,26+,30-,32+,37+,38-/m0/s1. The zero-order valence-electron chi connectivity index (χ0n) is 27.7. The fourth-order valence-electron chi connectivity index (χ4n) is 8.21. The Labute approximate surface area is 298 Å². The summed E-state index contributed by atoms with van der Waals surface area (Å²) in [7, 11) is 5.91. The third kappa shape index (κ3) is 4.68. The van der Waals surface area contributed by atoms with Crippen LogP contribution < -0.4 is 19.1 Å². The quantitative estimate of drug-likeness (QED) is 0.141. The fourth-order valence-corrected chi connectivity index (χ4v) is 9.21. The number of methoxy groups -OCH3 is 3. The minimum absolute atomic E-state index is 0.156. The van der Waals surface area contributed by atoms with Gasteiger partial charge in [-0.25, -0.2) is 0 Å². The van der Waals surface area contributed by atoms with E-state index in [4.69, 9.17) is 37.4 Å². The Balaban J connectivity index is 1.24. The number of phenolic OH excluding ortho intramolecular Hbond substituents is 1. The van der Waals surface area contributed by atoms with Crippen molar-refractivity contribution in [2.24, 2.45) is 17.8 Å². The molecule has 12 heteroatoms. The summed E-state index contributed by atoms with van der Waals surface area (Å²) in [6.45, 7) is 0. The minimum Gasteiger partial charge on any atom is -0.508 e. The lowest BCUT2D eigenvalue weighted by molar-refractivity contribution is -0.138. The number of phenols is 1. The Morgan fingerprint density at radius 2 is 1.56 bits per heavy atom. The minimum atomic E-state index is -2.04. The number of rotatable bonds is 7. The number of halogens is 2. The molecule has 6 atom stereocenters. The highest BCUT2D eigenvalue weighted by molar-refractivity contribution is 6.53. The Hall–Kier alpha value is -4.80. The zero-order chi connectivity index (χ0) is 35.7. The lowest BCUT2D eigenvalue weighted by atomic mass is 9.56. The van der Waals surface area contributed by atoms with Crippen LogP contribution in [0.1, 0.15) is 35.4 Å². The number of hydrogen-bond donors (Lipinski definition) is 1. The van der Waals surface area contributed by atoms with Crippen LogP contribution in [0.2, 0.25) is 0 Å². The highest BCUT2D eigenvalue weighted by Crippen LogP contribution is 2.67. The molecule has 2 saturated heterocycles. The number of nitrogens with zero attached hydrogens (tertiary/aromatic N) is 2. The van der Waals surface area contributed by atoms with E-state index in [1.165, 1.54) is 25.1 Å². The van der Waals surface area contributed by atoms with Crippen molar-refractivity contribution in [3.8, 4) is 23.0 Å². The zero-order valence-corrected chi connectivity index (χ0v) is 29.2. The maximum atomic E-state index is 14.4. The van der Waals surface area contributed by atoms with Gasteiger partial charge in [0.15, 0.2) is 9.75 Å². The van der Waals surface area contributed by atoms with Crippen LogP contribution in [0.3, 0.4) is 0 Å². The lowest BCUT2D eigenvalue weighted by Crippen LogP contribution is -2.60. The van der Waals surface area contributed by atoms with E-state index in [-0.39, 0.29) is 35.8 Å². The number of carbonyl (C=O) groups is 4. The predicted octanol–water partition coefficient (Wildman–Crippen LogP) is 5.78. The largest absolute Gasteiger partial charge is 0.508 e. The van der Waals surface area contributed by atoms with Gasteiger partial charge in [0.25, 0.3) is 11.8 Å². The van der Waals surface area contributed by atoms with Gasteiger partial charge in [0, 0.05) is 24.1 Å². The van der Waals surface area contributed by atoms with E-state index in [1.54, 1.807) is 50.6 Å². The Morgan fingerprint density at radius 1 is 0.840 bits per heavy atom. The first-order chi connectivity index (χ1) is 23.9. The number of likely N-dealkylation sites (tertiary alicyclic amines) is 1. The second-order valence-corrected chi connectivity index (χ2v) is 14.2. The van der Waals surface area contributed by atoms with Crippen molar-refractivity contribution in [2.45, 2.75) is 28.5 Å². The van der Waals surface area contributed by atoms with Crippen LogP contribution in [0.15, 0.2) is 72.3 Å². The number of imide groups is 2. The fraction of sp³-hybridized carbons (Fsp3) is 0.316. The van der Waals surface area contributed by atoms with Crippen LogP contribution in [0, 0.1) is 17.8 Å². The van der Waals surface area contributed by atoms with Gasteiger partial charge in [0.05, 0.1) is 38.9 Å². The normalized spacial score (nSPS) is 28.8. The van der Waals surface area contributed by atoms with Crippen molar-refractivity contribution in [3.63, 3.8) is 0 Å². The topological polar surface area (TPSA) is 123 Å². The molecule has 258 valence electrons. The Kier molecular flexibility index (Phi) is 8.22. The maximum Gasteiger partial charge on any atom is 0.253 e. The summed E-state index contributed by atoms with van der Waals surface area (Å²) >= 11 is 14.5. The number of carbonyl (C=O) groups excluding carboxylic acids is 4. The molecule has 0 spiro atoms. The monoisotopic (exact) mass is 716 g/mol. The van der Waals surface area contributed by atoms with Crippen LogP contribution in [0.4, 0.5) is 5.69 Å². The summed E-state index contributed by atoms with van der Waals surface area (Å²) in [5, 5.41) is 11.2. The number of fused-ring (bicyclic) bond motifs is 4. The van der Waals surface area contributed by atoms with E-state index >= 15 is 0 Å². The van der Waals surface area contributed by atoms with Crippen molar-refractivity contribution in [1.82, 2.24) is 4.90 Å². The van der Waals surface area contributed by atoms with Crippen molar-refractivity contribution < 1.29 is 38.5 Å².